The number of dihydropyridines is 1. The molecule has 0 bridgehead atoms. The van der Waals surface area contributed by atoms with Crippen LogP contribution in [0.4, 0.5) is 15.9 Å². The van der Waals surface area contributed by atoms with Gasteiger partial charge in [-0.1, -0.05) is 38.1 Å². The number of rotatable bonds is 9. The number of nitrogens with zero attached hydrogens (tertiary/aromatic N) is 3. The quantitative estimate of drug-likeness (QED) is 0.338. The molecule has 0 aliphatic carbocycles. The second-order valence-electron chi connectivity index (χ2n) is 11.0. The van der Waals surface area contributed by atoms with E-state index in [1.165, 1.54) is 6.07 Å². The van der Waals surface area contributed by atoms with Crippen LogP contribution in [0.5, 0.6) is 0 Å². The molecule has 3 aromatic rings. The Morgan fingerprint density at radius 1 is 1.12 bits per heavy atom. The first-order chi connectivity index (χ1) is 20.1. The molecule has 0 atom stereocenters. The fourth-order valence-electron chi connectivity index (χ4n) is 4.77. The van der Waals surface area contributed by atoms with E-state index in [2.05, 4.69) is 20.6 Å². The third-order valence-electron chi connectivity index (χ3n) is 7.46. The lowest BCUT2D eigenvalue weighted by Gasteiger charge is -2.27. The molecule has 0 spiro atoms. The second kappa shape index (κ2) is 12.1. The van der Waals surface area contributed by atoms with Crippen LogP contribution in [0, 0.1) is 5.82 Å². The summed E-state index contributed by atoms with van der Waals surface area (Å²) < 4.78 is 14.8. The molecule has 2 aliphatic heterocycles. The van der Waals surface area contributed by atoms with Gasteiger partial charge in [-0.25, -0.2) is 9.37 Å². The molecule has 0 unspecified atom stereocenters. The molecular weight excluding hydrogens is 537 g/mol. The van der Waals surface area contributed by atoms with Gasteiger partial charge in [0.05, 0.1) is 36.4 Å². The molecule has 9 nitrogen and oxygen atoms in total. The Bertz CT molecular complexity index is 1580. The molecule has 3 N–H and O–H groups in total. The maximum absolute atomic E-state index is 14.8. The number of anilines is 2. The number of Topliss-reactive ketones (excluding diaryl/α,β-unsaturated/α-hetero) is 2. The number of benzene rings is 2. The first-order valence-electron chi connectivity index (χ1n) is 13.7. The number of aromatic nitrogens is 1. The highest BCUT2D eigenvalue weighted by Gasteiger charge is 2.22. The maximum atomic E-state index is 14.8. The van der Waals surface area contributed by atoms with Crippen molar-refractivity contribution in [1.29, 1.82) is 0 Å². The number of aliphatic hydroxyl groups is 1. The van der Waals surface area contributed by atoms with Gasteiger partial charge in [-0.2, -0.15) is 0 Å². The fourth-order valence-corrected chi connectivity index (χ4v) is 4.77. The largest absolute Gasteiger partial charge is 0.395 e. The van der Waals surface area contributed by atoms with Crippen LogP contribution in [0.15, 0.2) is 77.6 Å². The Balaban J connectivity index is 1.30. The molecule has 3 heterocycles. The topological polar surface area (TPSA) is 124 Å². The van der Waals surface area contributed by atoms with E-state index in [9.17, 15) is 23.9 Å². The van der Waals surface area contributed by atoms with Crippen molar-refractivity contribution in [2.45, 2.75) is 25.7 Å². The lowest BCUT2D eigenvalue weighted by molar-refractivity contribution is -0.118. The molecule has 1 amide bonds. The van der Waals surface area contributed by atoms with Gasteiger partial charge >= 0.3 is 0 Å². The maximum Gasteiger partial charge on any atom is 0.241 e. The summed E-state index contributed by atoms with van der Waals surface area (Å²) in [6.45, 7) is 5.23. The van der Waals surface area contributed by atoms with E-state index in [0.717, 1.165) is 5.56 Å². The summed E-state index contributed by atoms with van der Waals surface area (Å²) >= 11 is 0. The van der Waals surface area contributed by atoms with Crippen molar-refractivity contribution in [3.63, 3.8) is 0 Å². The van der Waals surface area contributed by atoms with E-state index >= 15 is 0 Å². The van der Waals surface area contributed by atoms with Crippen LogP contribution in [0.3, 0.4) is 0 Å². The highest BCUT2D eigenvalue weighted by molar-refractivity contribution is 6.17. The van der Waals surface area contributed by atoms with Crippen LogP contribution in [0.25, 0.3) is 0 Å². The molecule has 0 saturated carbocycles. The third-order valence-corrected chi connectivity index (χ3v) is 7.46. The fraction of sp³-hybridized carbons (Fsp3) is 0.281. The summed E-state index contributed by atoms with van der Waals surface area (Å²) in [7, 11) is 0. The van der Waals surface area contributed by atoms with E-state index in [1.807, 2.05) is 13.8 Å². The number of amides is 1. The molecule has 2 aliphatic rings. The Kier molecular flexibility index (Phi) is 8.37. The Morgan fingerprint density at radius 2 is 1.90 bits per heavy atom. The molecule has 10 heteroatoms. The average Bonchev–Trinajstić information content (AvgIpc) is 3.00. The summed E-state index contributed by atoms with van der Waals surface area (Å²) in [5, 5.41) is 15.7. The number of aliphatic hydroxyl groups excluding tert-OH is 1. The number of ketones is 2. The average molecular weight is 570 g/mol. The van der Waals surface area contributed by atoms with Gasteiger partial charge in [-0.05, 0) is 47.5 Å². The zero-order chi connectivity index (χ0) is 29.9. The molecule has 2 aromatic carbocycles. The SMILES string of the molecule is CC(C)(CO)c1ccc(C(=O)Cc2cc(C3=NCC(=O)C(Nc4ccc(N5CCNCC5=O)cn4)=C3)ccc2F)cc1. The number of carbonyl (C=O) groups is 3. The van der Waals surface area contributed by atoms with Gasteiger partial charge in [0.15, 0.2) is 11.6 Å². The molecule has 42 heavy (non-hydrogen) atoms. The summed E-state index contributed by atoms with van der Waals surface area (Å²) in [4.78, 5) is 48.1. The molecular formula is C32H32FN5O4. The minimum absolute atomic E-state index is 0.0265. The van der Waals surface area contributed by atoms with Gasteiger partial charge in [0.2, 0.25) is 5.91 Å². The van der Waals surface area contributed by atoms with Crippen LogP contribution in [0.2, 0.25) is 0 Å². The predicted octanol–water partition coefficient (Wildman–Crippen LogP) is 3.22. The number of nitrogens with one attached hydrogen (secondary N) is 2. The van der Waals surface area contributed by atoms with Gasteiger partial charge in [-0.3, -0.25) is 19.4 Å². The van der Waals surface area contributed by atoms with Crippen LogP contribution in [-0.2, 0) is 21.4 Å². The van der Waals surface area contributed by atoms with Crippen molar-refractivity contribution in [1.82, 2.24) is 10.3 Å². The predicted molar refractivity (Wildman–Crippen MR) is 159 cm³/mol. The number of hydrogen-bond acceptors (Lipinski definition) is 8. The van der Waals surface area contributed by atoms with E-state index in [1.54, 1.807) is 65.7 Å². The van der Waals surface area contributed by atoms with Crippen molar-refractivity contribution in [3.8, 4) is 0 Å². The lowest BCUT2D eigenvalue weighted by atomic mass is 9.85. The van der Waals surface area contributed by atoms with Gasteiger partial charge in [0.25, 0.3) is 0 Å². The van der Waals surface area contributed by atoms with E-state index in [0.29, 0.717) is 41.4 Å². The number of pyridine rings is 1. The van der Waals surface area contributed by atoms with E-state index < -0.39 is 11.2 Å². The van der Waals surface area contributed by atoms with Crippen molar-refractivity contribution in [3.05, 3.63) is 101 Å². The van der Waals surface area contributed by atoms with Crippen molar-refractivity contribution < 1.29 is 23.9 Å². The summed E-state index contributed by atoms with van der Waals surface area (Å²) in [6.07, 6.45) is 3.02. The standard InChI is InChI=1S/C32H32FN5O4/c1-32(2,19-39)23-6-3-20(4-7-23)28(40)14-22-13-21(5-9-25(22)33)26-15-27(29(41)17-35-26)37-30-10-8-24(16-36-30)38-12-11-34-18-31(38)42/h3-10,13,15-16,34,39H,11-12,14,17-19H2,1-2H3,(H,36,37). The van der Waals surface area contributed by atoms with Gasteiger partial charge in [-0.15, -0.1) is 0 Å². The summed E-state index contributed by atoms with van der Waals surface area (Å²) in [5.41, 5.74) is 3.15. The van der Waals surface area contributed by atoms with E-state index in [-0.39, 0.29) is 54.9 Å². The number of halogens is 1. The minimum atomic E-state index is -0.507. The normalized spacial score (nSPS) is 15.8. The molecule has 1 saturated heterocycles. The molecule has 1 fully saturated rings. The molecule has 5 rings (SSSR count). The number of carbonyl (C=O) groups excluding carboxylic acids is 3. The highest BCUT2D eigenvalue weighted by atomic mass is 19.1. The van der Waals surface area contributed by atoms with Gasteiger partial charge in [0, 0.05) is 36.1 Å². The highest BCUT2D eigenvalue weighted by Crippen LogP contribution is 2.24. The summed E-state index contributed by atoms with van der Waals surface area (Å²) in [6, 6.07) is 14.9. The number of hydrogen-bond donors (Lipinski definition) is 3. The van der Waals surface area contributed by atoms with E-state index in [4.69, 9.17) is 0 Å². The second-order valence-corrected chi connectivity index (χ2v) is 11.0. The van der Waals surface area contributed by atoms with Gasteiger partial charge < -0.3 is 20.6 Å². The Labute approximate surface area is 243 Å². The van der Waals surface area contributed by atoms with Crippen LogP contribution in [0.1, 0.15) is 40.9 Å². The molecule has 0 radical (unpaired) electrons. The summed E-state index contributed by atoms with van der Waals surface area (Å²) in [5.74, 6) is -0.578. The zero-order valence-electron chi connectivity index (χ0n) is 23.5. The minimum Gasteiger partial charge on any atom is -0.395 e. The van der Waals surface area contributed by atoms with Crippen molar-refractivity contribution >= 4 is 34.7 Å². The first-order valence-corrected chi connectivity index (χ1v) is 13.7. The number of piperazine rings is 1. The number of allylic oxidation sites excluding steroid dienone is 1. The van der Waals surface area contributed by atoms with Gasteiger partial charge in [0.1, 0.15) is 18.2 Å². The van der Waals surface area contributed by atoms with Crippen LogP contribution in [-0.4, -0.2) is 66.1 Å². The molecule has 1 aromatic heterocycles. The lowest BCUT2D eigenvalue weighted by Crippen LogP contribution is -2.48. The van der Waals surface area contributed by atoms with Crippen molar-refractivity contribution in [2.24, 2.45) is 4.99 Å². The molecule has 216 valence electrons. The zero-order valence-corrected chi connectivity index (χ0v) is 23.5. The monoisotopic (exact) mass is 569 g/mol. The first kappa shape index (κ1) is 29.0. The van der Waals surface area contributed by atoms with Crippen LogP contribution < -0.4 is 15.5 Å². The smallest absolute Gasteiger partial charge is 0.241 e. The number of aliphatic imine (C=N–C) groups is 1. The van der Waals surface area contributed by atoms with Crippen LogP contribution >= 0.6 is 0 Å². The Morgan fingerprint density at radius 3 is 2.60 bits per heavy atom. The third kappa shape index (κ3) is 6.35. The van der Waals surface area contributed by atoms with Crippen molar-refractivity contribution in [2.75, 3.05) is 43.0 Å². The Hall–Kier alpha value is -4.54.